The Labute approximate surface area is 159 Å². The van der Waals surface area contributed by atoms with Crippen molar-refractivity contribution in [3.63, 3.8) is 0 Å². The van der Waals surface area contributed by atoms with Crippen molar-refractivity contribution in [2.45, 2.75) is 6.92 Å². The summed E-state index contributed by atoms with van der Waals surface area (Å²) in [5.41, 5.74) is 0.433. The Bertz CT molecular complexity index is 1210. The summed E-state index contributed by atoms with van der Waals surface area (Å²) in [7, 11) is 1.43. The van der Waals surface area contributed by atoms with Crippen LogP contribution in [0.3, 0.4) is 0 Å². The fourth-order valence-corrected chi connectivity index (χ4v) is 2.43. The first-order valence-corrected chi connectivity index (χ1v) is 8.20. The molecule has 0 spiro atoms. The third-order valence-electron chi connectivity index (χ3n) is 3.07. The van der Waals surface area contributed by atoms with Gasteiger partial charge in [0.2, 0.25) is 15.5 Å². The minimum absolute atomic E-state index is 0.0804. The summed E-state index contributed by atoms with van der Waals surface area (Å²) in [6, 6.07) is 1.50. The van der Waals surface area contributed by atoms with Crippen molar-refractivity contribution in [3.8, 4) is 12.0 Å². The maximum Gasteiger partial charge on any atom is 0.320 e. The van der Waals surface area contributed by atoms with Crippen molar-refractivity contribution in [1.82, 2.24) is 39.2 Å². The smallest absolute Gasteiger partial charge is 0.320 e. The van der Waals surface area contributed by atoms with Crippen molar-refractivity contribution < 1.29 is 18.3 Å². The monoisotopic (exact) mass is 414 g/mol. The highest BCUT2D eigenvalue weighted by molar-refractivity contribution is 7.71. The molecule has 2 N–H and O–H groups in total. The molecule has 0 bridgehead atoms. The number of aromatic nitrogens is 8. The molecule has 14 heteroatoms. The predicted molar refractivity (Wildman–Crippen MR) is 94.0 cm³/mol. The average Bonchev–Trinajstić information content (AvgIpc) is 3.18. The summed E-state index contributed by atoms with van der Waals surface area (Å²) in [5.74, 6) is -1.19. The topological polar surface area (TPSA) is 110 Å². The third-order valence-corrected chi connectivity index (χ3v) is 3.44. The molecule has 4 aromatic rings. The van der Waals surface area contributed by atoms with E-state index in [9.17, 15) is 8.78 Å². The minimum atomic E-state index is -0.644. The van der Waals surface area contributed by atoms with Gasteiger partial charge in [-0.05, 0) is 31.4 Å². The van der Waals surface area contributed by atoms with Crippen LogP contribution in [0.4, 0.5) is 8.78 Å². The van der Waals surface area contributed by atoms with Gasteiger partial charge in [0.1, 0.15) is 0 Å². The molecule has 0 aliphatic heterocycles. The molecule has 0 atom stereocenters. The van der Waals surface area contributed by atoms with Gasteiger partial charge in [0, 0.05) is 6.07 Å². The summed E-state index contributed by atoms with van der Waals surface area (Å²) in [6.07, 6.45) is 1.03. The van der Waals surface area contributed by atoms with Crippen molar-refractivity contribution in [2.24, 2.45) is 0 Å². The van der Waals surface area contributed by atoms with Crippen LogP contribution >= 0.6 is 24.4 Å². The van der Waals surface area contributed by atoms with E-state index in [1.807, 2.05) is 0 Å². The number of H-pyrrole nitrogens is 2. The van der Waals surface area contributed by atoms with Gasteiger partial charge in [-0.3, -0.25) is 10.2 Å². The van der Waals surface area contributed by atoms with Gasteiger partial charge in [0.05, 0.1) is 19.9 Å². The van der Waals surface area contributed by atoms with E-state index in [-0.39, 0.29) is 27.2 Å². The lowest BCUT2D eigenvalue weighted by molar-refractivity contribution is 0.297. The second-order valence-electron chi connectivity index (χ2n) is 4.80. The van der Waals surface area contributed by atoms with Gasteiger partial charge in [-0.2, -0.15) is 28.4 Å². The zero-order valence-electron chi connectivity index (χ0n) is 13.9. The fourth-order valence-electron chi connectivity index (χ4n) is 2.07. The first-order valence-electron chi connectivity index (χ1n) is 7.38. The zero-order chi connectivity index (χ0) is 19.6. The van der Waals surface area contributed by atoms with Crippen LogP contribution < -0.4 is 9.47 Å². The Balaban J connectivity index is 0.000000156. The number of fused-ring (bicyclic) bond motifs is 2. The highest BCUT2D eigenvalue weighted by Crippen LogP contribution is 2.11. The van der Waals surface area contributed by atoms with Gasteiger partial charge in [-0.15, -0.1) is 0 Å². The van der Waals surface area contributed by atoms with E-state index in [2.05, 4.69) is 30.1 Å². The van der Waals surface area contributed by atoms with Gasteiger partial charge in [0.25, 0.3) is 0 Å². The number of ether oxygens (including phenoxy) is 2. The van der Waals surface area contributed by atoms with Crippen molar-refractivity contribution in [3.05, 3.63) is 33.6 Å². The summed E-state index contributed by atoms with van der Waals surface area (Å²) in [4.78, 5) is 14.9. The molecule has 4 aromatic heterocycles. The van der Waals surface area contributed by atoms with Crippen LogP contribution in [-0.4, -0.2) is 52.9 Å². The number of hydrogen-bond acceptors (Lipinski definition) is 8. The number of rotatable bonds is 3. The van der Waals surface area contributed by atoms with E-state index in [4.69, 9.17) is 33.9 Å². The van der Waals surface area contributed by atoms with Crippen LogP contribution in [-0.2, 0) is 0 Å². The maximum atomic E-state index is 13.0. The van der Waals surface area contributed by atoms with E-state index in [1.165, 1.54) is 22.2 Å². The fraction of sp³-hybridized carbons (Fsp3) is 0.231. The van der Waals surface area contributed by atoms with Gasteiger partial charge >= 0.3 is 12.0 Å². The molecule has 0 amide bonds. The lowest BCUT2D eigenvalue weighted by atomic mass is 10.6. The standard InChI is InChI=1S/C7H7FN4OS.C6H5FN4OS/c1-2-13-7-9-4(8)3-5-10-6(14)11-12(5)7;1-12-6-8-2-3(7)4-9-5(13)10-11(4)6/h3H,2H2,1H3,(H,11,14);2H,1H3,(H,10,13). The van der Waals surface area contributed by atoms with Gasteiger partial charge < -0.3 is 9.47 Å². The Morgan fingerprint density at radius 2 is 1.78 bits per heavy atom. The summed E-state index contributed by atoms with van der Waals surface area (Å²) in [6.45, 7) is 2.17. The minimum Gasteiger partial charge on any atom is -0.467 e. The molecule has 0 aliphatic carbocycles. The number of aromatic amines is 2. The van der Waals surface area contributed by atoms with Crippen LogP contribution in [0.15, 0.2) is 12.3 Å². The molecule has 0 saturated carbocycles. The maximum absolute atomic E-state index is 13.0. The number of nitrogens with one attached hydrogen (secondary N) is 2. The average molecular weight is 414 g/mol. The quantitative estimate of drug-likeness (QED) is 0.388. The van der Waals surface area contributed by atoms with E-state index >= 15 is 0 Å². The van der Waals surface area contributed by atoms with Gasteiger partial charge in [-0.25, -0.2) is 9.37 Å². The van der Waals surface area contributed by atoms with E-state index in [0.29, 0.717) is 12.3 Å². The second kappa shape index (κ2) is 7.71. The molecule has 0 unspecified atom stereocenters. The number of halogens is 2. The molecule has 0 fully saturated rings. The molecule has 0 aromatic carbocycles. The Morgan fingerprint density at radius 1 is 1.07 bits per heavy atom. The first kappa shape index (κ1) is 18.8. The third kappa shape index (κ3) is 3.90. The number of hydrogen-bond donors (Lipinski definition) is 2. The summed E-state index contributed by atoms with van der Waals surface area (Å²) >= 11 is 9.55. The molecule has 4 rings (SSSR count). The molecular formula is C13H12F2N8O2S2. The second-order valence-corrected chi connectivity index (χ2v) is 5.57. The van der Waals surface area contributed by atoms with Gasteiger partial charge in [0.15, 0.2) is 17.1 Å². The summed E-state index contributed by atoms with van der Waals surface area (Å²) in [5, 5.41) is 5.32. The summed E-state index contributed by atoms with van der Waals surface area (Å²) < 4.78 is 39.0. The highest BCUT2D eigenvalue weighted by Gasteiger charge is 2.09. The van der Waals surface area contributed by atoms with Gasteiger partial charge in [-0.1, -0.05) is 0 Å². The van der Waals surface area contributed by atoms with Crippen LogP contribution in [0.5, 0.6) is 12.0 Å². The van der Waals surface area contributed by atoms with Crippen LogP contribution in [0.1, 0.15) is 6.92 Å². The SMILES string of the molecule is CCOc1nc(F)cc2nc(=S)[nH]n12.COc1ncc(F)c2nc(=S)[nH]n12. The largest absolute Gasteiger partial charge is 0.467 e. The molecule has 0 radical (unpaired) electrons. The van der Waals surface area contributed by atoms with E-state index in [1.54, 1.807) is 6.92 Å². The normalized spacial score (nSPS) is 10.7. The van der Waals surface area contributed by atoms with Crippen LogP contribution in [0.25, 0.3) is 11.3 Å². The molecule has 4 heterocycles. The number of methoxy groups -OCH3 is 1. The zero-order valence-corrected chi connectivity index (χ0v) is 15.6. The molecule has 10 nitrogen and oxygen atoms in total. The van der Waals surface area contributed by atoms with Crippen molar-refractivity contribution >= 4 is 35.7 Å². The Hall–Kier alpha value is -3.00. The van der Waals surface area contributed by atoms with Crippen LogP contribution in [0.2, 0.25) is 0 Å². The van der Waals surface area contributed by atoms with Crippen molar-refractivity contribution in [2.75, 3.05) is 13.7 Å². The lowest BCUT2D eigenvalue weighted by Gasteiger charge is -2.03. The molecular weight excluding hydrogens is 402 g/mol. The van der Waals surface area contributed by atoms with Crippen molar-refractivity contribution in [1.29, 1.82) is 0 Å². The molecule has 0 aliphatic rings. The Morgan fingerprint density at radius 3 is 2.48 bits per heavy atom. The predicted octanol–water partition coefficient (Wildman–Crippen LogP) is 2.26. The molecule has 27 heavy (non-hydrogen) atoms. The molecule has 142 valence electrons. The highest BCUT2D eigenvalue weighted by atomic mass is 32.1. The number of nitrogens with zero attached hydrogens (tertiary/aromatic N) is 6. The molecule has 0 saturated heterocycles. The van der Waals surface area contributed by atoms with Crippen LogP contribution in [0, 0.1) is 21.3 Å². The first-order chi connectivity index (χ1) is 12.9. The van der Waals surface area contributed by atoms with E-state index < -0.39 is 11.8 Å². The van der Waals surface area contributed by atoms with E-state index in [0.717, 1.165) is 6.20 Å². The lowest BCUT2D eigenvalue weighted by Crippen LogP contribution is -2.04. The Kier molecular flexibility index (Phi) is 5.36.